The van der Waals surface area contributed by atoms with E-state index in [1.165, 1.54) is 0 Å². The second-order valence-corrected chi connectivity index (χ2v) is 6.58. The number of amides is 1. The molecule has 5 heteroatoms. The van der Waals surface area contributed by atoms with Gasteiger partial charge < -0.3 is 20.1 Å². The number of carbonyl (C=O) groups excluding carboxylic acids is 1. The van der Waals surface area contributed by atoms with Gasteiger partial charge in [-0.25, -0.2) is 0 Å². The monoisotopic (exact) mass is 334 g/mol. The fourth-order valence-electron chi connectivity index (χ4n) is 3.37. The van der Waals surface area contributed by atoms with E-state index < -0.39 is 0 Å². The lowest BCUT2D eigenvalue weighted by molar-refractivity contribution is -0.137. The molecule has 0 unspecified atom stereocenters. The maximum Gasteiger partial charge on any atom is 0.226 e. The van der Waals surface area contributed by atoms with Crippen molar-refractivity contribution in [3.05, 3.63) is 29.8 Å². The number of methoxy groups -OCH3 is 2. The third-order valence-corrected chi connectivity index (χ3v) is 4.66. The van der Waals surface area contributed by atoms with Crippen molar-refractivity contribution in [1.82, 2.24) is 4.90 Å². The van der Waals surface area contributed by atoms with Crippen molar-refractivity contribution in [1.29, 1.82) is 0 Å². The summed E-state index contributed by atoms with van der Waals surface area (Å²) < 4.78 is 10.4. The zero-order valence-electron chi connectivity index (χ0n) is 14.9. The summed E-state index contributed by atoms with van der Waals surface area (Å²) in [5, 5.41) is 0. The SMILES string of the molecule is COCCCN(Cc1cccc(OC)c1)C(=O)[C@H]1CCC[C@@H](N)C1. The quantitative estimate of drug-likeness (QED) is 0.742. The van der Waals surface area contributed by atoms with Crippen LogP contribution < -0.4 is 10.5 Å². The minimum atomic E-state index is 0.0573. The van der Waals surface area contributed by atoms with Crippen LogP contribution in [0.5, 0.6) is 5.75 Å². The molecule has 0 aromatic heterocycles. The Morgan fingerprint density at radius 3 is 2.88 bits per heavy atom. The van der Waals surface area contributed by atoms with Crippen LogP contribution in [0.25, 0.3) is 0 Å². The highest BCUT2D eigenvalue weighted by Gasteiger charge is 2.28. The lowest BCUT2D eigenvalue weighted by atomic mass is 9.85. The van der Waals surface area contributed by atoms with E-state index in [1.54, 1.807) is 14.2 Å². The molecule has 0 saturated heterocycles. The van der Waals surface area contributed by atoms with Crippen molar-refractivity contribution in [2.45, 2.75) is 44.7 Å². The predicted molar refractivity (Wildman–Crippen MR) is 94.8 cm³/mol. The van der Waals surface area contributed by atoms with Gasteiger partial charge in [-0.05, 0) is 43.4 Å². The largest absolute Gasteiger partial charge is 0.497 e. The molecule has 1 saturated carbocycles. The Morgan fingerprint density at radius 2 is 2.17 bits per heavy atom. The molecule has 1 fully saturated rings. The Bertz CT molecular complexity index is 521. The molecule has 0 radical (unpaired) electrons. The van der Waals surface area contributed by atoms with Crippen LogP contribution in [0.15, 0.2) is 24.3 Å². The Morgan fingerprint density at radius 1 is 1.33 bits per heavy atom. The standard InChI is InChI=1S/C19H30N2O3/c1-23-11-5-10-21(14-15-6-3-9-18(12-15)24-2)19(22)16-7-4-8-17(20)13-16/h3,6,9,12,16-17H,4-5,7-8,10-11,13-14,20H2,1-2H3/t16-,17+/m0/s1. The third kappa shape index (κ3) is 5.49. The van der Waals surface area contributed by atoms with Crippen molar-refractivity contribution in [3.63, 3.8) is 0 Å². The molecule has 2 N–H and O–H groups in total. The van der Waals surface area contributed by atoms with Gasteiger partial charge in [0.15, 0.2) is 0 Å². The average Bonchev–Trinajstić information content (AvgIpc) is 2.60. The molecule has 1 aromatic carbocycles. The third-order valence-electron chi connectivity index (χ3n) is 4.66. The van der Waals surface area contributed by atoms with Crippen LogP contribution in [0.4, 0.5) is 0 Å². The molecule has 5 nitrogen and oxygen atoms in total. The van der Waals surface area contributed by atoms with E-state index in [1.807, 2.05) is 29.2 Å². The molecule has 2 rings (SSSR count). The van der Waals surface area contributed by atoms with Crippen LogP contribution >= 0.6 is 0 Å². The molecule has 134 valence electrons. The Labute approximate surface area is 145 Å². The second kappa shape index (κ2) is 9.64. The van der Waals surface area contributed by atoms with Crippen LogP contribution in [-0.4, -0.2) is 44.2 Å². The Kier molecular flexibility index (Phi) is 7.53. The zero-order valence-corrected chi connectivity index (χ0v) is 14.9. The predicted octanol–water partition coefficient (Wildman–Crippen LogP) is 2.58. The maximum absolute atomic E-state index is 13.0. The normalized spacial score (nSPS) is 20.6. The fraction of sp³-hybridized carbons (Fsp3) is 0.632. The van der Waals surface area contributed by atoms with Gasteiger partial charge in [0.05, 0.1) is 7.11 Å². The van der Waals surface area contributed by atoms with E-state index in [2.05, 4.69) is 0 Å². The summed E-state index contributed by atoms with van der Waals surface area (Å²) in [6.45, 7) is 1.97. The summed E-state index contributed by atoms with van der Waals surface area (Å²) in [7, 11) is 3.35. The van der Waals surface area contributed by atoms with E-state index in [-0.39, 0.29) is 17.9 Å². The van der Waals surface area contributed by atoms with Gasteiger partial charge in [0.2, 0.25) is 5.91 Å². The van der Waals surface area contributed by atoms with Crippen molar-refractivity contribution in [2.75, 3.05) is 27.4 Å². The summed E-state index contributed by atoms with van der Waals surface area (Å²) in [5.41, 5.74) is 7.15. The summed E-state index contributed by atoms with van der Waals surface area (Å²) in [6.07, 6.45) is 4.67. The van der Waals surface area contributed by atoms with E-state index in [0.717, 1.165) is 43.4 Å². The second-order valence-electron chi connectivity index (χ2n) is 6.58. The fourth-order valence-corrected chi connectivity index (χ4v) is 3.37. The molecule has 1 amide bonds. The highest BCUT2D eigenvalue weighted by molar-refractivity contribution is 5.79. The number of nitrogens with two attached hydrogens (primary N) is 1. The minimum absolute atomic E-state index is 0.0573. The molecule has 2 atom stereocenters. The molecular weight excluding hydrogens is 304 g/mol. The molecule has 1 aromatic rings. The zero-order chi connectivity index (χ0) is 17.4. The van der Waals surface area contributed by atoms with Crippen LogP contribution in [0, 0.1) is 5.92 Å². The number of rotatable bonds is 8. The molecule has 0 heterocycles. The first-order valence-corrected chi connectivity index (χ1v) is 8.80. The average molecular weight is 334 g/mol. The summed E-state index contributed by atoms with van der Waals surface area (Å²) in [5.74, 6) is 1.10. The lowest BCUT2D eigenvalue weighted by Crippen LogP contribution is -2.41. The topological polar surface area (TPSA) is 64.8 Å². The van der Waals surface area contributed by atoms with Crippen molar-refractivity contribution < 1.29 is 14.3 Å². The first-order valence-electron chi connectivity index (χ1n) is 8.80. The van der Waals surface area contributed by atoms with E-state index in [4.69, 9.17) is 15.2 Å². The molecule has 1 aliphatic carbocycles. The van der Waals surface area contributed by atoms with E-state index in [0.29, 0.717) is 19.7 Å². The number of nitrogens with zero attached hydrogens (tertiary/aromatic N) is 1. The first-order chi connectivity index (χ1) is 11.6. The highest BCUT2D eigenvalue weighted by atomic mass is 16.5. The van der Waals surface area contributed by atoms with Gasteiger partial charge >= 0.3 is 0 Å². The molecule has 0 bridgehead atoms. The van der Waals surface area contributed by atoms with Gasteiger partial charge in [0, 0.05) is 38.8 Å². The summed E-state index contributed by atoms with van der Waals surface area (Å²) in [6, 6.07) is 8.06. The maximum atomic E-state index is 13.0. The summed E-state index contributed by atoms with van der Waals surface area (Å²) in [4.78, 5) is 15.0. The summed E-state index contributed by atoms with van der Waals surface area (Å²) >= 11 is 0. The molecule has 0 spiro atoms. The highest BCUT2D eigenvalue weighted by Crippen LogP contribution is 2.26. The number of benzene rings is 1. The van der Waals surface area contributed by atoms with Gasteiger partial charge in [-0.2, -0.15) is 0 Å². The van der Waals surface area contributed by atoms with E-state index in [9.17, 15) is 4.79 Å². The number of hydrogen-bond acceptors (Lipinski definition) is 4. The van der Waals surface area contributed by atoms with Crippen molar-refractivity contribution in [2.24, 2.45) is 11.7 Å². The van der Waals surface area contributed by atoms with Gasteiger partial charge in [0.25, 0.3) is 0 Å². The lowest BCUT2D eigenvalue weighted by Gasteiger charge is -2.31. The van der Waals surface area contributed by atoms with Crippen molar-refractivity contribution in [3.8, 4) is 5.75 Å². The van der Waals surface area contributed by atoms with Gasteiger partial charge in [-0.1, -0.05) is 18.6 Å². The van der Waals surface area contributed by atoms with Gasteiger partial charge in [0.1, 0.15) is 5.75 Å². The minimum Gasteiger partial charge on any atom is -0.497 e. The molecular formula is C19H30N2O3. The Hall–Kier alpha value is -1.59. The first kappa shape index (κ1) is 18.7. The van der Waals surface area contributed by atoms with E-state index >= 15 is 0 Å². The number of hydrogen-bond donors (Lipinski definition) is 1. The van der Waals surface area contributed by atoms with Gasteiger partial charge in [-0.15, -0.1) is 0 Å². The van der Waals surface area contributed by atoms with Crippen LogP contribution in [0.2, 0.25) is 0 Å². The smallest absolute Gasteiger partial charge is 0.226 e. The molecule has 24 heavy (non-hydrogen) atoms. The van der Waals surface area contributed by atoms with Crippen LogP contribution in [-0.2, 0) is 16.1 Å². The van der Waals surface area contributed by atoms with Crippen LogP contribution in [0.1, 0.15) is 37.7 Å². The number of ether oxygens (including phenoxy) is 2. The van der Waals surface area contributed by atoms with Gasteiger partial charge in [-0.3, -0.25) is 4.79 Å². The van der Waals surface area contributed by atoms with Crippen LogP contribution in [0.3, 0.4) is 0 Å². The Balaban J connectivity index is 2.06. The molecule has 0 aliphatic heterocycles. The molecule has 1 aliphatic rings. The number of carbonyl (C=O) groups is 1. The van der Waals surface area contributed by atoms with Crippen molar-refractivity contribution >= 4 is 5.91 Å².